The van der Waals surface area contributed by atoms with Gasteiger partial charge in [0.2, 0.25) is 5.75 Å². The van der Waals surface area contributed by atoms with E-state index < -0.39 is 33.9 Å². The molecule has 0 saturated carbocycles. The number of aromatic nitrogens is 1. The zero-order chi connectivity index (χ0) is 26.9. The number of carbonyl (C=O) groups excluding carboxylic acids is 1. The number of nitro benzene ring substituents is 1. The van der Waals surface area contributed by atoms with Gasteiger partial charge >= 0.3 is 11.7 Å². The summed E-state index contributed by atoms with van der Waals surface area (Å²) in [5.74, 6) is -0.299. The van der Waals surface area contributed by atoms with Gasteiger partial charge in [0.15, 0.2) is 16.3 Å². The number of nitrogens with zero attached hydrogens (tertiary/aromatic N) is 3. The number of esters is 1. The molecule has 1 N–H and O–H groups in total. The monoisotopic (exact) mass is 525 g/mol. The van der Waals surface area contributed by atoms with Gasteiger partial charge in [-0.1, -0.05) is 29.5 Å². The highest BCUT2D eigenvalue weighted by Crippen LogP contribution is 2.36. The summed E-state index contributed by atoms with van der Waals surface area (Å²) >= 11 is 1.03. The Balaban J connectivity index is 1.99. The van der Waals surface area contributed by atoms with Crippen molar-refractivity contribution in [2.45, 2.75) is 19.9 Å². The lowest BCUT2D eigenvalue weighted by molar-refractivity contribution is -0.385. The molecule has 0 radical (unpaired) electrons. The molecule has 2 heterocycles. The molecule has 12 heteroatoms. The van der Waals surface area contributed by atoms with Crippen LogP contribution in [0.3, 0.4) is 0 Å². The van der Waals surface area contributed by atoms with Crippen molar-refractivity contribution >= 4 is 29.1 Å². The zero-order valence-corrected chi connectivity index (χ0v) is 21.2. The number of phenolic OH excluding ortho intramolecular Hbond substituents is 1. The smallest absolute Gasteiger partial charge is 0.338 e. The summed E-state index contributed by atoms with van der Waals surface area (Å²) < 4.78 is 17.6. The third-order valence-corrected chi connectivity index (χ3v) is 6.75. The number of phenols is 1. The maximum absolute atomic E-state index is 13.7. The van der Waals surface area contributed by atoms with Crippen LogP contribution >= 0.6 is 11.3 Å². The summed E-state index contributed by atoms with van der Waals surface area (Å²) in [5.41, 5.74) is 0.244. The first-order valence-electron chi connectivity index (χ1n) is 11.1. The maximum atomic E-state index is 13.7. The van der Waals surface area contributed by atoms with Crippen LogP contribution in [0.5, 0.6) is 17.2 Å². The average Bonchev–Trinajstić information content (AvgIpc) is 3.18. The van der Waals surface area contributed by atoms with Gasteiger partial charge in [-0.2, -0.15) is 0 Å². The van der Waals surface area contributed by atoms with E-state index in [1.165, 1.54) is 43.1 Å². The van der Waals surface area contributed by atoms with Crippen LogP contribution < -0.4 is 24.4 Å². The Morgan fingerprint density at radius 1 is 1.24 bits per heavy atom. The fourth-order valence-corrected chi connectivity index (χ4v) is 5.12. The summed E-state index contributed by atoms with van der Waals surface area (Å²) in [6, 6.07) is 8.20. The molecule has 4 rings (SSSR count). The van der Waals surface area contributed by atoms with Crippen LogP contribution in [0.15, 0.2) is 57.5 Å². The number of hydrogen-bond donors (Lipinski definition) is 1. The molecule has 37 heavy (non-hydrogen) atoms. The zero-order valence-electron chi connectivity index (χ0n) is 20.4. The molecule has 1 aliphatic heterocycles. The van der Waals surface area contributed by atoms with Gasteiger partial charge in [-0.3, -0.25) is 19.5 Å². The molecule has 192 valence electrons. The van der Waals surface area contributed by atoms with Crippen molar-refractivity contribution in [2.75, 3.05) is 20.8 Å². The topological polar surface area (TPSA) is 142 Å². The van der Waals surface area contributed by atoms with Gasteiger partial charge < -0.3 is 19.3 Å². The summed E-state index contributed by atoms with van der Waals surface area (Å²) in [5, 5.41) is 21.6. The van der Waals surface area contributed by atoms with Gasteiger partial charge in [-0.25, -0.2) is 9.79 Å². The average molecular weight is 526 g/mol. The number of carbonyl (C=O) groups is 1. The summed E-state index contributed by atoms with van der Waals surface area (Å²) in [7, 11) is 2.98. The van der Waals surface area contributed by atoms with Gasteiger partial charge in [0.25, 0.3) is 5.56 Å². The van der Waals surface area contributed by atoms with E-state index in [0.717, 1.165) is 11.3 Å². The molecule has 0 amide bonds. The minimum Gasteiger partial charge on any atom is -0.502 e. The lowest BCUT2D eigenvalue weighted by atomic mass is 9.95. The third kappa shape index (κ3) is 4.58. The first-order valence-corrected chi connectivity index (χ1v) is 11.9. The quantitative estimate of drug-likeness (QED) is 0.282. The van der Waals surface area contributed by atoms with Crippen molar-refractivity contribution in [1.82, 2.24) is 4.57 Å². The first kappa shape index (κ1) is 25.6. The fraction of sp³-hybridized carbons (Fsp3) is 0.240. The second kappa shape index (κ2) is 10.3. The van der Waals surface area contributed by atoms with Crippen molar-refractivity contribution in [1.29, 1.82) is 0 Å². The summed E-state index contributed by atoms with van der Waals surface area (Å²) in [6.45, 7) is 3.47. The standard InChI is InChI=1S/C25H23N3O8S/c1-5-36-24(31)20-13(2)26-25-27(21(20)14-9-10-17(34-3)18(11-14)35-4)23(30)19(37-25)12-15-7-6-8-16(22(15)29)28(32)33/h6-12,21,29H,5H2,1-4H3/b19-12+/t21-/m1/s1. The molecule has 11 nitrogen and oxygen atoms in total. The molecule has 3 aromatic rings. The summed E-state index contributed by atoms with van der Waals surface area (Å²) in [4.78, 5) is 42.0. The number of nitro groups is 1. The number of para-hydroxylation sites is 1. The van der Waals surface area contributed by atoms with Crippen LogP contribution in [0.1, 0.15) is 31.0 Å². The van der Waals surface area contributed by atoms with Crippen molar-refractivity contribution in [3.8, 4) is 17.2 Å². The highest BCUT2D eigenvalue weighted by atomic mass is 32.1. The Morgan fingerprint density at radius 3 is 2.62 bits per heavy atom. The number of aromatic hydroxyl groups is 1. The third-order valence-electron chi connectivity index (χ3n) is 5.77. The van der Waals surface area contributed by atoms with E-state index in [1.807, 2.05) is 0 Å². The van der Waals surface area contributed by atoms with Crippen LogP contribution in [0, 0.1) is 10.1 Å². The molecule has 0 spiro atoms. The van der Waals surface area contributed by atoms with Crippen LogP contribution in [0.25, 0.3) is 6.08 Å². The van der Waals surface area contributed by atoms with Crippen LogP contribution in [0.4, 0.5) is 5.69 Å². The molecule has 0 bridgehead atoms. The van der Waals surface area contributed by atoms with Crippen molar-refractivity contribution in [3.63, 3.8) is 0 Å². The minimum atomic E-state index is -0.893. The molecule has 1 aromatic heterocycles. The first-order chi connectivity index (χ1) is 17.7. The maximum Gasteiger partial charge on any atom is 0.338 e. The van der Waals surface area contributed by atoms with E-state index in [9.17, 15) is 24.8 Å². The molecular formula is C25H23N3O8S. The van der Waals surface area contributed by atoms with Crippen LogP contribution in [0.2, 0.25) is 0 Å². The second-order valence-corrected chi connectivity index (χ2v) is 8.90. The number of hydrogen-bond acceptors (Lipinski definition) is 10. The molecule has 0 unspecified atom stereocenters. The normalized spacial score (nSPS) is 15.1. The number of allylic oxidation sites excluding steroid dienone is 1. The van der Waals surface area contributed by atoms with E-state index >= 15 is 0 Å². The Hall–Kier alpha value is -4.45. The highest BCUT2D eigenvalue weighted by Gasteiger charge is 2.34. The van der Waals surface area contributed by atoms with Crippen LogP contribution in [-0.4, -0.2) is 41.4 Å². The molecule has 1 aliphatic rings. The number of rotatable bonds is 7. The van der Waals surface area contributed by atoms with E-state index in [4.69, 9.17) is 14.2 Å². The highest BCUT2D eigenvalue weighted by molar-refractivity contribution is 7.07. The van der Waals surface area contributed by atoms with Crippen LogP contribution in [-0.2, 0) is 9.53 Å². The van der Waals surface area contributed by atoms with Gasteiger partial charge in [0.1, 0.15) is 0 Å². The summed E-state index contributed by atoms with van der Waals surface area (Å²) in [6.07, 6.45) is 1.36. The lowest BCUT2D eigenvalue weighted by Gasteiger charge is -2.25. The van der Waals surface area contributed by atoms with E-state index in [-0.39, 0.29) is 22.3 Å². The molecular weight excluding hydrogens is 502 g/mol. The van der Waals surface area contributed by atoms with Crippen molar-refractivity contribution < 1.29 is 29.0 Å². The minimum absolute atomic E-state index is 0.100. The van der Waals surface area contributed by atoms with Crippen molar-refractivity contribution in [3.05, 3.63) is 88.6 Å². The van der Waals surface area contributed by atoms with E-state index in [1.54, 1.807) is 32.0 Å². The predicted octanol–water partition coefficient (Wildman–Crippen LogP) is 2.43. The van der Waals surface area contributed by atoms with Gasteiger partial charge in [0.05, 0.1) is 47.6 Å². The number of methoxy groups -OCH3 is 2. The molecule has 0 saturated heterocycles. The fourth-order valence-electron chi connectivity index (χ4n) is 4.08. The Bertz CT molecular complexity index is 1620. The molecule has 0 fully saturated rings. The van der Waals surface area contributed by atoms with Gasteiger partial charge in [-0.05, 0) is 37.6 Å². The molecule has 0 aliphatic carbocycles. The number of benzene rings is 2. The molecule has 2 aromatic carbocycles. The Morgan fingerprint density at radius 2 is 1.97 bits per heavy atom. The number of thiazole rings is 1. The number of fused-ring (bicyclic) bond motifs is 1. The van der Waals surface area contributed by atoms with E-state index in [2.05, 4.69) is 4.99 Å². The Kier molecular flexibility index (Phi) is 7.11. The molecule has 1 atom stereocenters. The number of ether oxygens (including phenoxy) is 3. The second-order valence-electron chi connectivity index (χ2n) is 7.89. The largest absolute Gasteiger partial charge is 0.502 e. The predicted molar refractivity (Wildman–Crippen MR) is 135 cm³/mol. The SMILES string of the molecule is CCOC(=O)C1=C(C)N=c2s/c(=C/c3cccc([N+](=O)[O-])c3O)c(=O)n2[C@@H]1c1ccc(OC)c(OC)c1. The Labute approximate surface area is 214 Å². The van der Waals surface area contributed by atoms with E-state index in [0.29, 0.717) is 27.6 Å². The van der Waals surface area contributed by atoms with Crippen molar-refractivity contribution in [2.24, 2.45) is 4.99 Å². The lowest BCUT2D eigenvalue weighted by Crippen LogP contribution is -2.40. The van der Waals surface area contributed by atoms with Gasteiger partial charge in [0, 0.05) is 11.6 Å². The van der Waals surface area contributed by atoms with Gasteiger partial charge in [-0.15, -0.1) is 0 Å².